The summed E-state index contributed by atoms with van der Waals surface area (Å²) in [5.41, 5.74) is 1.38. The normalized spacial score (nSPS) is 12.6. The fourth-order valence-corrected chi connectivity index (χ4v) is 2.94. The zero-order chi connectivity index (χ0) is 18.4. The van der Waals surface area contributed by atoms with Crippen LogP contribution in [0, 0.1) is 0 Å². The summed E-state index contributed by atoms with van der Waals surface area (Å²) in [5, 5.41) is 7.88. The zero-order valence-electron chi connectivity index (χ0n) is 15.3. The van der Waals surface area contributed by atoms with E-state index >= 15 is 0 Å². The van der Waals surface area contributed by atoms with Gasteiger partial charge in [-0.3, -0.25) is 9.69 Å². The van der Waals surface area contributed by atoms with E-state index in [0.29, 0.717) is 23.9 Å². The maximum absolute atomic E-state index is 12.3. The molecule has 0 aliphatic carbocycles. The van der Waals surface area contributed by atoms with E-state index in [1.165, 1.54) is 0 Å². The van der Waals surface area contributed by atoms with Crippen LogP contribution in [0.2, 0.25) is 0 Å². The number of para-hydroxylation sites is 1. The van der Waals surface area contributed by atoms with Crippen molar-refractivity contribution in [1.82, 2.24) is 15.4 Å². The van der Waals surface area contributed by atoms with Crippen molar-refractivity contribution in [2.75, 3.05) is 13.1 Å². The largest absolute Gasteiger partial charge is 0.468 e. The highest BCUT2D eigenvalue weighted by Crippen LogP contribution is 2.18. The molecule has 3 aromatic rings. The first-order chi connectivity index (χ1) is 12.7. The van der Waals surface area contributed by atoms with Crippen molar-refractivity contribution < 1.29 is 13.7 Å². The van der Waals surface area contributed by atoms with Gasteiger partial charge in [-0.25, -0.2) is 0 Å². The second-order valence-corrected chi connectivity index (χ2v) is 6.46. The molecule has 0 spiro atoms. The Bertz CT molecular complexity index is 826. The summed E-state index contributed by atoms with van der Waals surface area (Å²) in [5.74, 6) is 0.886. The van der Waals surface area contributed by atoms with Crippen LogP contribution in [0.3, 0.4) is 0 Å². The van der Waals surface area contributed by atoms with Crippen LogP contribution in [-0.2, 0) is 17.8 Å². The first-order valence-corrected chi connectivity index (χ1v) is 9.03. The van der Waals surface area contributed by atoms with Gasteiger partial charge in [0.15, 0.2) is 5.58 Å². The second kappa shape index (κ2) is 8.67. The molecule has 0 fully saturated rings. The monoisotopic (exact) mass is 355 g/mol. The van der Waals surface area contributed by atoms with Crippen molar-refractivity contribution in [1.29, 1.82) is 0 Å². The van der Waals surface area contributed by atoms with E-state index < -0.39 is 0 Å². The summed E-state index contributed by atoms with van der Waals surface area (Å²) in [6.45, 7) is 6.44. The maximum atomic E-state index is 12.3. The Morgan fingerprint density at radius 3 is 2.88 bits per heavy atom. The van der Waals surface area contributed by atoms with Crippen LogP contribution < -0.4 is 5.32 Å². The van der Waals surface area contributed by atoms with Gasteiger partial charge in [-0.15, -0.1) is 0 Å². The van der Waals surface area contributed by atoms with E-state index in [1.54, 1.807) is 6.26 Å². The van der Waals surface area contributed by atoms with E-state index in [0.717, 1.165) is 30.7 Å². The Balaban J connectivity index is 1.51. The van der Waals surface area contributed by atoms with Crippen LogP contribution in [0.1, 0.15) is 31.7 Å². The smallest absolute Gasteiger partial charge is 0.226 e. The fraction of sp³-hybridized carbons (Fsp3) is 0.400. The molecule has 26 heavy (non-hydrogen) atoms. The molecule has 0 aliphatic rings. The number of fused-ring (bicyclic) bond motifs is 1. The molecule has 1 amide bonds. The number of nitrogens with one attached hydrogen (secondary N) is 1. The van der Waals surface area contributed by atoms with Gasteiger partial charge in [-0.05, 0) is 37.6 Å². The second-order valence-electron chi connectivity index (χ2n) is 6.46. The molecule has 0 saturated carbocycles. The lowest BCUT2D eigenvalue weighted by atomic mass is 10.1. The van der Waals surface area contributed by atoms with Crippen LogP contribution in [0.15, 0.2) is 51.6 Å². The Hall–Kier alpha value is -2.60. The first-order valence-electron chi connectivity index (χ1n) is 9.03. The molecule has 0 aliphatic heterocycles. The quantitative estimate of drug-likeness (QED) is 0.637. The number of hydrogen-bond donors (Lipinski definition) is 1. The summed E-state index contributed by atoms with van der Waals surface area (Å²) in [6.07, 6.45) is 2.95. The minimum Gasteiger partial charge on any atom is -0.468 e. The highest BCUT2D eigenvalue weighted by Gasteiger charge is 2.15. The highest BCUT2D eigenvalue weighted by molar-refractivity contribution is 5.86. The molecule has 1 aromatic carbocycles. The maximum Gasteiger partial charge on any atom is 0.226 e. The number of rotatable bonds is 9. The predicted octanol–water partition coefficient (Wildman–Crippen LogP) is 3.38. The molecule has 6 heteroatoms. The lowest BCUT2D eigenvalue weighted by Gasteiger charge is -2.27. The van der Waals surface area contributed by atoms with Crippen molar-refractivity contribution in [2.24, 2.45) is 0 Å². The minimum absolute atomic E-state index is 0.0499. The molecule has 0 radical (unpaired) electrons. The van der Waals surface area contributed by atoms with E-state index in [-0.39, 0.29) is 12.3 Å². The molecule has 2 aromatic heterocycles. The lowest BCUT2D eigenvalue weighted by molar-refractivity contribution is -0.120. The Kier molecular flexibility index (Phi) is 6.07. The summed E-state index contributed by atoms with van der Waals surface area (Å²) in [4.78, 5) is 14.6. The van der Waals surface area contributed by atoms with Crippen LogP contribution in [-0.4, -0.2) is 35.1 Å². The van der Waals surface area contributed by atoms with Crippen LogP contribution in [0.4, 0.5) is 0 Å². The SMILES string of the molecule is CC[C@H](C)N(CCNC(=O)Cc1noc2ccccc12)Cc1ccco1. The Labute approximate surface area is 153 Å². The molecule has 2 heterocycles. The first kappa shape index (κ1) is 18.2. The van der Waals surface area contributed by atoms with Gasteiger partial charge in [0.1, 0.15) is 11.5 Å². The van der Waals surface area contributed by atoms with Crippen molar-refractivity contribution in [3.8, 4) is 0 Å². The molecular formula is C20H25N3O3. The van der Waals surface area contributed by atoms with E-state index in [1.807, 2.05) is 36.4 Å². The molecule has 0 bridgehead atoms. The van der Waals surface area contributed by atoms with Gasteiger partial charge in [0, 0.05) is 24.5 Å². The number of benzene rings is 1. The standard InChI is InChI=1S/C20H25N3O3/c1-3-15(2)23(14-16-7-6-12-25-16)11-10-21-20(24)13-18-17-8-4-5-9-19(17)26-22-18/h4-9,12,15H,3,10-11,13-14H2,1-2H3,(H,21,24)/t15-/m0/s1. The molecule has 138 valence electrons. The van der Waals surface area contributed by atoms with Crippen LogP contribution >= 0.6 is 0 Å². The predicted molar refractivity (Wildman–Crippen MR) is 99.6 cm³/mol. The molecular weight excluding hydrogens is 330 g/mol. The lowest BCUT2D eigenvalue weighted by Crippen LogP contribution is -2.39. The number of carbonyl (C=O) groups is 1. The molecule has 3 rings (SSSR count). The van der Waals surface area contributed by atoms with Gasteiger partial charge in [-0.2, -0.15) is 0 Å². The van der Waals surface area contributed by atoms with Gasteiger partial charge in [-0.1, -0.05) is 24.2 Å². The molecule has 0 unspecified atom stereocenters. The minimum atomic E-state index is -0.0499. The van der Waals surface area contributed by atoms with Crippen molar-refractivity contribution in [3.05, 3.63) is 54.1 Å². The number of nitrogens with zero attached hydrogens (tertiary/aromatic N) is 2. The third kappa shape index (κ3) is 4.52. The number of hydrogen-bond acceptors (Lipinski definition) is 5. The Morgan fingerprint density at radius 1 is 1.27 bits per heavy atom. The van der Waals surface area contributed by atoms with Crippen molar-refractivity contribution in [3.63, 3.8) is 0 Å². The summed E-state index contributed by atoms with van der Waals surface area (Å²) < 4.78 is 10.7. The van der Waals surface area contributed by atoms with Crippen molar-refractivity contribution >= 4 is 16.9 Å². The average molecular weight is 355 g/mol. The molecule has 1 N–H and O–H groups in total. The average Bonchev–Trinajstić information content (AvgIpc) is 3.30. The summed E-state index contributed by atoms with van der Waals surface area (Å²) in [6, 6.07) is 11.9. The van der Waals surface area contributed by atoms with Crippen LogP contribution in [0.25, 0.3) is 11.0 Å². The fourth-order valence-electron chi connectivity index (χ4n) is 2.94. The zero-order valence-corrected chi connectivity index (χ0v) is 15.3. The van der Waals surface area contributed by atoms with E-state index in [9.17, 15) is 4.79 Å². The van der Waals surface area contributed by atoms with Gasteiger partial charge in [0.05, 0.1) is 19.2 Å². The Morgan fingerprint density at radius 2 is 2.12 bits per heavy atom. The van der Waals surface area contributed by atoms with Gasteiger partial charge < -0.3 is 14.3 Å². The van der Waals surface area contributed by atoms with E-state index in [4.69, 9.17) is 8.94 Å². The summed E-state index contributed by atoms with van der Waals surface area (Å²) >= 11 is 0. The third-order valence-electron chi connectivity index (χ3n) is 4.65. The summed E-state index contributed by atoms with van der Waals surface area (Å²) in [7, 11) is 0. The number of furan rings is 1. The van der Waals surface area contributed by atoms with Crippen molar-refractivity contribution in [2.45, 2.75) is 39.3 Å². The number of amides is 1. The number of aromatic nitrogens is 1. The van der Waals surface area contributed by atoms with Crippen LogP contribution in [0.5, 0.6) is 0 Å². The molecule has 6 nitrogen and oxygen atoms in total. The van der Waals surface area contributed by atoms with Gasteiger partial charge in [0.25, 0.3) is 0 Å². The molecule has 1 atom stereocenters. The van der Waals surface area contributed by atoms with Gasteiger partial charge in [0.2, 0.25) is 5.91 Å². The highest BCUT2D eigenvalue weighted by atomic mass is 16.5. The topological polar surface area (TPSA) is 71.5 Å². The third-order valence-corrected chi connectivity index (χ3v) is 4.65. The van der Waals surface area contributed by atoms with Gasteiger partial charge >= 0.3 is 0 Å². The molecule has 0 saturated heterocycles. The van der Waals surface area contributed by atoms with E-state index in [2.05, 4.69) is 29.2 Å². The number of carbonyl (C=O) groups excluding carboxylic acids is 1.